The van der Waals surface area contributed by atoms with E-state index in [1.54, 1.807) is 6.07 Å². The molecule has 1 rings (SSSR count). The van der Waals surface area contributed by atoms with Gasteiger partial charge in [0.05, 0.1) is 0 Å². The Hall–Kier alpha value is -1.79. The third-order valence-electron chi connectivity index (χ3n) is 1.91. The molecule has 0 aliphatic heterocycles. The van der Waals surface area contributed by atoms with Gasteiger partial charge in [-0.05, 0) is 19.2 Å². The molecule has 0 aliphatic rings. The summed E-state index contributed by atoms with van der Waals surface area (Å²) in [5.74, 6) is 6.16. The number of benzene rings is 1. The average Bonchev–Trinajstić information content (AvgIpc) is 2.25. The molecular formula is C12H15N3. The van der Waals surface area contributed by atoms with E-state index < -0.39 is 0 Å². The first-order chi connectivity index (χ1) is 7.24. The molecule has 0 aromatic heterocycles. The minimum absolute atomic E-state index is 0.0777. The largest absolute Gasteiger partial charge is 0.384 e. The maximum absolute atomic E-state index is 7.29. The van der Waals surface area contributed by atoms with Crippen LogP contribution in [0.25, 0.3) is 0 Å². The van der Waals surface area contributed by atoms with Crippen molar-refractivity contribution in [1.82, 2.24) is 5.32 Å². The zero-order valence-electron chi connectivity index (χ0n) is 8.80. The number of amidine groups is 1. The molecule has 0 bridgehead atoms. The third kappa shape index (κ3) is 3.84. The van der Waals surface area contributed by atoms with Gasteiger partial charge < -0.3 is 11.1 Å². The lowest BCUT2D eigenvalue weighted by Gasteiger charge is -1.97. The Morgan fingerprint density at radius 2 is 2.33 bits per heavy atom. The highest BCUT2D eigenvalue weighted by Gasteiger charge is 1.95. The highest BCUT2D eigenvalue weighted by Crippen LogP contribution is 2.02. The van der Waals surface area contributed by atoms with Gasteiger partial charge in [0, 0.05) is 24.1 Å². The molecule has 1 aromatic rings. The molecule has 0 saturated heterocycles. The molecule has 0 atom stereocenters. The van der Waals surface area contributed by atoms with Gasteiger partial charge in [0.25, 0.3) is 0 Å². The van der Waals surface area contributed by atoms with Crippen LogP contribution >= 0.6 is 0 Å². The topological polar surface area (TPSA) is 61.9 Å². The summed E-state index contributed by atoms with van der Waals surface area (Å²) in [6.07, 6.45) is 0.820. The van der Waals surface area contributed by atoms with Gasteiger partial charge in [0.15, 0.2) is 0 Å². The summed E-state index contributed by atoms with van der Waals surface area (Å²) < 4.78 is 0. The van der Waals surface area contributed by atoms with Crippen LogP contribution in [0.1, 0.15) is 17.5 Å². The average molecular weight is 201 g/mol. The highest BCUT2D eigenvalue weighted by atomic mass is 14.8. The number of nitrogen functional groups attached to an aromatic ring is 1. The molecule has 0 saturated carbocycles. The van der Waals surface area contributed by atoms with Crippen molar-refractivity contribution in [2.75, 3.05) is 13.6 Å². The number of nitrogens with two attached hydrogens (primary N) is 1. The van der Waals surface area contributed by atoms with Crippen LogP contribution in [0.15, 0.2) is 24.3 Å². The van der Waals surface area contributed by atoms with Crippen LogP contribution in [-0.2, 0) is 0 Å². The van der Waals surface area contributed by atoms with E-state index in [0.29, 0.717) is 0 Å². The SMILES string of the molecule is CNCCC#Cc1cccc(C(=N)N)c1. The normalized spacial score (nSPS) is 9.13. The molecule has 3 nitrogen and oxygen atoms in total. The molecule has 0 amide bonds. The summed E-state index contributed by atoms with van der Waals surface area (Å²) in [4.78, 5) is 0. The minimum atomic E-state index is 0.0777. The Balaban J connectivity index is 2.72. The Bertz CT molecular complexity index is 399. The summed E-state index contributed by atoms with van der Waals surface area (Å²) in [6.45, 7) is 0.888. The van der Waals surface area contributed by atoms with Crippen molar-refractivity contribution in [1.29, 1.82) is 5.41 Å². The van der Waals surface area contributed by atoms with Crippen molar-refractivity contribution < 1.29 is 0 Å². The van der Waals surface area contributed by atoms with Crippen molar-refractivity contribution in [3.05, 3.63) is 35.4 Å². The second-order valence-corrected chi connectivity index (χ2v) is 3.15. The molecule has 3 heteroatoms. The van der Waals surface area contributed by atoms with Crippen LogP contribution in [0.3, 0.4) is 0 Å². The van der Waals surface area contributed by atoms with Crippen LogP contribution in [0.5, 0.6) is 0 Å². The molecule has 15 heavy (non-hydrogen) atoms. The lowest BCUT2D eigenvalue weighted by atomic mass is 10.1. The first-order valence-corrected chi connectivity index (χ1v) is 4.82. The van der Waals surface area contributed by atoms with E-state index in [1.165, 1.54) is 0 Å². The number of hydrogen-bond donors (Lipinski definition) is 3. The van der Waals surface area contributed by atoms with Crippen LogP contribution in [0.2, 0.25) is 0 Å². The fraction of sp³-hybridized carbons (Fsp3) is 0.250. The molecule has 0 radical (unpaired) electrons. The predicted octanol–water partition coefficient (Wildman–Crippen LogP) is 0.932. The second-order valence-electron chi connectivity index (χ2n) is 3.15. The van der Waals surface area contributed by atoms with E-state index in [4.69, 9.17) is 11.1 Å². The summed E-state index contributed by atoms with van der Waals surface area (Å²) in [5.41, 5.74) is 7.00. The van der Waals surface area contributed by atoms with Crippen LogP contribution in [-0.4, -0.2) is 19.4 Å². The van der Waals surface area contributed by atoms with Crippen LogP contribution in [0, 0.1) is 17.3 Å². The smallest absolute Gasteiger partial charge is 0.122 e. The molecule has 1 aromatic carbocycles. The standard InChI is InChI=1S/C12H15N3/c1-15-8-3-2-5-10-6-4-7-11(9-10)12(13)14/h4,6-7,9,15H,3,8H2,1H3,(H3,13,14). The summed E-state index contributed by atoms with van der Waals surface area (Å²) in [7, 11) is 1.90. The molecular weight excluding hydrogens is 186 g/mol. The van der Waals surface area contributed by atoms with Gasteiger partial charge in [0.2, 0.25) is 0 Å². The van der Waals surface area contributed by atoms with Gasteiger partial charge >= 0.3 is 0 Å². The van der Waals surface area contributed by atoms with Gasteiger partial charge in [-0.2, -0.15) is 0 Å². The summed E-state index contributed by atoms with van der Waals surface area (Å²) in [6, 6.07) is 7.41. The summed E-state index contributed by atoms with van der Waals surface area (Å²) in [5, 5.41) is 10.3. The molecule has 4 N–H and O–H groups in total. The Labute approximate surface area is 90.2 Å². The van der Waals surface area contributed by atoms with Gasteiger partial charge in [-0.3, -0.25) is 5.41 Å². The first-order valence-electron chi connectivity index (χ1n) is 4.82. The van der Waals surface area contributed by atoms with Gasteiger partial charge in [0.1, 0.15) is 5.84 Å². The Morgan fingerprint density at radius 3 is 3.00 bits per heavy atom. The first kappa shape index (κ1) is 11.3. The van der Waals surface area contributed by atoms with E-state index in [0.717, 1.165) is 24.1 Å². The maximum atomic E-state index is 7.29. The molecule has 0 unspecified atom stereocenters. The van der Waals surface area contributed by atoms with Crippen molar-refractivity contribution >= 4 is 5.84 Å². The van der Waals surface area contributed by atoms with E-state index in [-0.39, 0.29) is 5.84 Å². The van der Waals surface area contributed by atoms with Gasteiger partial charge in [-0.25, -0.2) is 0 Å². The zero-order chi connectivity index (χ0) is 11.1. The highest BCUT2D eigenvalue weighted by molar-refractivity contribution is 5.95. The lowest BCUT2D eigenvalue weighted by Crippen LogP contribution is -2.10. The summed E-state index contributed by atoms with van der Waals surface area (Å²) >= 11 is 0. The quantitative estimate of drug-likeness (QED) is 0.295. The minimum Gasteiger partial charge on any atom is -0.384 e. The van der Waals surface area contributed by atoms with Crippen molar-refractivity contribution in [3.8, 4) is 11.8 Å². The number of rotatable bonds is 3. The van der Waals surface area contributed by atoms with Crippen molar-refractivity contribution in [2.45, 2.75) is 6.42 Å². The van der Waals surface area contributed by atoms with Crippen LogP contribution < -0.4 is 11.1 Å². The van der Waals surface area contributed by atoms with E-state index in [9.17, 15) is 0 Å². The molecule has 0 aliphatic carbocycles. The Morgan fingerprint density at radius 1 is 1.53 bits per heavy atom. The van der Waals surface area contributed by atoms with Crippen molar-refractivity contribution in [2.24, 2.45) is 5.73 Å². The fourth-order valence-corrected chi connectivity index (χ4v) is 1.12. The van der Waals surface area contributed by atoms with Crippen LogP contribution in [0.4, 0.5) is 0 Å². The van der Waals surface area contributed by atoms with E-state index >= 15 is 0 Å². The second kappa shape index (κ2) is 5.84. The molecule has 0 fully saturated rings. The fourth-order valence-electron chi connectivity index (χ4n) is 1.12. The van der Waals surface area contributed by atoms with E-state index in [2.05, 4.69) is 17.2 Å². The zero-order valence-corrected chi connectivity index (χ0v) is 8.80. The molecule has 0 heterocycles. The molecule has 78 valence electrons. The third-order valence-corrected chi connectivity index (χ3v) is 1.91. The predicted molar refractivity (Wildman–Crippen MR) is 62.9 cm³/mol. The van der Waals surface area contributed by atoms with E-state index in [1.807, 2.05) is 25.2 Å². The molecule has 0 spiro atoms. The van der Waals surface area contributed by atoms with Gasteiger partial charge in [-0.15, -0.1) is 0 Å². The van der Waals surface area contributed by atoms with Gasteiger partial charge in [-0.1, -0.05) is 24.0 Å². The maximum Gasteiger partial charge on any atom is 0.122 e. The van der Waals surface area contributed by atoms with Crippen molar-refractivity contribution in [3.63, 3.8) is 0 Å². The monoisotopic (exact) mass is 201 g/mol. The number of nitrogens with one attached hydrogen (secondary N) is 2. The lowest BCUT2D eigenvalue weighted by molar-refractivity contribution is 0.818. The number of hydrogen-bond acceptors (Lipinski definition) is 2. The Kier molecular flexibility index (Phi) is 4.39.